The topological polar surface area (TPSA) is 94.4 Å². The molecular formula is C22H21N5O2. The van der Waals surface area contributed by atoms with Crippen LogP contribution in [0.15, 0.2) is 78.0 Å². The Morgan fingerprint density at radius 3 is 2.48 bits per heavy atom. The van der Waals surface area contributed by atoms with Gasteiger partial charge in [-0.25, -0.2) is 4.52 Å². The maximum Gasteiger partial charge on any atom is 0.276 e. The molecule has 3 N–H and O–H groups in total. The summed E-state index contributed by atoms with van der Waals surface area (Å²) >= 11 is 0. The van der Waals surface area contributed by atoms with Gasteiger partial charge in [0.2, 0.25) is 5.91 Å². The summed E-state index contributed by atoms with van der Waals surface area (Å²) in [4.78, 5) is 24.9. The first-order valence-corrected chi connectivity index (χ1v) is 9.25. The Kier molecular flexibility index (Phi) is 4.97. The average Bonchev–Trinajstić information content (AvgIpc) is 3.18. The second-order valence-electron chi connectivity index (χ2n) is 6.86. The van der Waals surface area contributed by atoms with E-state index in [-0.39, 0.29) is 18.0 Å². The molecule has 0 saturated heterocycles. The summed E-state index contributed by atoms with van der Waals surface area (Å²) in [5, 5.41) is 6.96. The van der Waals surface area contributed by atoms with Gasteiger partial charge in [0.1, 0.15) is 11.6 Å². The van der Waals surface area contributed by atoms with Crippen LogP contribution >= 0.6 is 0 Å². The number of nitrogens with one attached hydrogen (secondary N) is 1. The molecule has 7 nitrogen and oxygen atoms in total. The van der Waals surface area contributed by atoms with Crippen LogP contribution in [0.2, 0.25) is 0 Å². The minimum absolute atomic E-state index is 0.171. The summed E-state index contributed by atoms with van der Waals surface area (Å²) in [5.74, 6) is -0.315. The lowest BCUT2D eigenvalue weighted by Gasteiger charge is -2.13. The number of nitrogens with zero attached hydrogens (tertiary/aromatic N) is 3. The maximum atomic E-state index is 12.5. The van der Waals surface area contributed by atoms with Gasteiger partial charge in [0.25, 0.3) is 5.56 Å². The zero-order valence-corrected chi connectivity index (χ0v) is 15.9. The highest BCUT2D eigenvalue weighted by Gasteiger charge is 2.17. The lowest BCUT2D eigenvalue weighted by atomic mass is 10.0. The number of aromatic nitrogens is 3. The van der Waals surface area contributed by atoms with E-state index >= 15 is 0 Å². The number of nitrogens with two attached hydrogens (primary N) is 1. The van der Waals surface area contributed by atoms with Gasteiger partial charge in [-0.2, -0.15) is 5.10 Å². The first-order valence-electron chi connectivity index (χ1n) is 9.25. The maximum absolute atomic E-state index is 12.5. The molecule has 0 aliphatic heterocycles. The highest BCUT2D eigenvalue weighted by molar-refractivity contribution is 5.83. The molecule has 0 aliphatic rings. The summed E-state index contributed by atoms with van der Waals surface area (Å²) in [6.45, 7) is 0.178. The van der Waals surface area contributed by atoms with Gasteiger partial charge < -0.3 is 15.6 Å². The number of fused-ring (bicyclic) bond motifs is 1. The summed E-state index contributed by atoms with van der Waals surface area (Å²) in [5.41, 5.74) is 9.93. The quantitative estimate of drug-likeness (QED) is 0.548. The molecule has 2 aromatic carbocycles. The van der Waals surface area contributed by atoms with Crippen LogP contribution < -0.4 is 16.6 Å². The van der Waals surface area contributed by atoms with Gasteiger partial charge in [-0.15, -0.1) is 0 Å². The first-order chi connectivity index (χ1) is 14.0. The first kappa shape index (κ1) is 18.6. The van der Waals surface area contributed by atoms with E-state index < -0.39 is 6.04 Å². The zero-order chi connectivity index (χ0) is 20.4. The molecule has 0 fully saturated rings. The van der Waals surface area contributed by atoms with Crippen molar-refractivity contribution >= 4 is 11.4 Å². The Morgan fingerprint density at radius 2 is 1.76 bits per heavy atom. The molecule has 1 amide bonds. The SMILES string of the molecule is Cn1ccn2ncc(CNC(=O)C(N)c3ccc(-c4ccccc4)cc3)c2c1=O. The lowest BCUT2D eigenvalue weighted by molar-refractivity contribution is -0.122. The third kappa shape index (κ3) is 3.68. The summed E-state index contributed by atoms with van der Waals surface area (Å²) in [6.07, 6.45) is 4.92. The third-order valence-corrected chi connectivity index (χ3v) is 4.94. The van der Waals surface area contributed by atoms with Crippen LogP contribution in [0.5, 0.6) is 0 Å². The second-order valence-corrected chi connectivity index (χ2v) is 6.86. The highest BCUT2D eigenvalue weighted by Crippen LogP contribution is 2.21. The Morgan fingerprint density at radius 1 is 1.07 bits per heavy atom. The number of benzene rings is 2. The standard InChI is InChI=1S/C22H21N5O2/c1-26-11-12-27-20(22(26)29)18(14-25-27)13-24-21(28)19(23)17-9-7-16(8-10-17)15-5-3-2-4-6-15/h2-12,14,19H,13,23H2,1H3,(H,24,28). The number of carbonyl (C=O) groups excluding carboxylic acids is 1. The Hall–Kier alpha value is -3.71. The highest BCUT2D eigenvalue weighted by atomic mass is 16.2. The van der Waals surface area contributed by atoms with Crippen molar-refractivity contribution in [3.8, 4) is 11.1 Å². The Balaban J connectivity index is 1.46. The average molecular weight is 387 g/mol. The van der Waals surface area contributed by atoms with E-state index in [1.165, 1.54) is 9.08 Å². The van der Waals surface area contributed by atoms with E-state index in [9.17, 15) is 9.59 Å². The van der Waals surface area contributed by atoms with Crippen LogP contribution in [-0.4, -0.2) is 20.1 Å². The van der Waals surface area contributed by atoms with Crippen molar-refractivity contribution in [3.63, 3.8) is 0 Å². The monoisotopic (exact) mass is 387 g/mol. The van der Waals surface area contributed by atoms with E-state index in [0.29, 0.717) is 11.1 Å². The molecule has 2 heterocycles. The van der Waals surface area contributed by atoms with Gasteiger partial charge in [-0.3, -0.25) is 9.59 Å². The molecular weight excluding hydrogens is 366 g/mol. The molecule has 1 unspecified atom stereocenters. The van der Waals surface area contributed by atoms with Crippen LogP contribution in [0.3, 0.4) is 0 Å². The van der Waals surface area contributed by atoms with Crippen molar-refractivity contribution < 1.29 is 4.79 Å². The number of hydrogen-bond donors (Lipinski definition) is 2. The van der Waals surface area contributed by atoms with Crippen LogP contribution in [-0.2, 0) is 18.4 Å². The molecule has 146 valence electrons. The largest absolute Gasteiger partial charge is 0.350 e. The van der Waals surface area contributed by atoms with E-state index in [2.05, 4.69) is 10.4 Å². The van der Waals surface area contributed by atoms with Gasteiger partial charge in [0.15, 0.2) is 0 Å². The fraction of sp³-hybridized carbons (Fsp3) is 0.136. The number of rotatable bonds is 5. The van der Waals surface area contributed by atoms with E-state index in [1.807, 2.05) is 54.6 Å². The van der Waals surface area contributed by atoms with Gasteiger partial charge in [0.05, 0.1) is 6.20 Å². The molecule has 0 aliphatic carbocycles. The Bertz CT molecular complexity index is 1210. The molecule has 0 saturated carbocycles. The van der Waals surface area contributed by atoms with Gasteiger partial charge in [-0.05, 0) is 16.7 Å². The van der Waals surface area contributed by atoms with Crippen molar-refractivity contribution in [3.05, 3.63) is 94.7 Å². The molecule has 0 spiro atoms. The third-order valence-electron chi connectivity index (χ3n) is 4.94. The fourth-order valence-electron chi connectivity index (χ4n) is 3.23. The Labute approximate surface area is 167 Å². The lowest BCUT2D eigenvalue weighted by Crippen LogP contribution is -2.34. The number of hydrogen-bond acceptors (Lipinski definition) is 4. The van der Waals surface area contributed by atoms with Crippen molar-refractivity contribution in [1.82, 2.24) is 19.5 Å². The van der Waals surface area contributed by atoms with Crippen LogP contribution in [0.25, 0.3) is 16.6 Å². The molecule has 0 bridgehead atoms. The van der Waals surface area contributed by atoms with Crippen molar-refractivity contribution in [2.75, 3.05) is 0 Å². The van der Waals surface area contributed by atoms with Crippen LogP contribution in [0.1, 0.15) is 17.2 Å². The smallest absolute Gasteiger partial charge is 0.276 e. The van der Waals surface area contributed by atoms with Gasteiger partial charge in [0, 0.05) is 31.5 Å². The summed E-state index contributed by atoms with van der Waals surface area (Å²) in [7, 11) is 1.67. The molecule has 2 aromatic heterocycles. The van der Waals surface area contributed by atoms with Crippen LogP contribution in [0.4, 0.5) is 0 Å². The number of aryl methyl sites for hydroxylation is 1. The number of carbonyl (C=O) groups is 1. The van der Waals surface area contributed by atoms with E-state index in [1.54, 1.807) is 25.6 Å². The number of amides is 1. The van der Waals surface area contributed by atoms with Crippen molar-refractivity contribution in [2.24, 2.45) is 12.8 Å². The molecule has 0 radical (unpaired) electrons. The summed E-state index contributed by atoms with van der Waals surface area (Å²) < 4.78 is 2.98. The molecule has 29 heavy (non-hydrogen) atoms. The van der Waals surface area contributed by atoms with Gasteiger partial charge in [-0.1, -0.05) is 54.6 Å². The molecule has 7 heteroatoms. The fourth-order valence-corrected chi connectivity index (χ4v) is 3.23. The summed E-state index contributed by atoms with van der Waals surface area (Å²) in [6, 6.07) is 16.8. The van der Waals surface area contributed by atoms with Crippen LogP contribution in [0, 0.1) is 0 Å². The van der Waals surface area contributed by atoms with E-state index in [4.69, 9.17) is 5.73 Å². The molecule has 1 atom stereocenters. The van der Waals surface area contributed by atoms with E-state index in [0.717, 1.165) is 16.7 Å². The van der Waals surface area contributed by atoms with Crippen molar-refractivity contribution in [1.29, 1.82) is 0 Å². The molecule has 4 aromatic rings. The van der Waals surface area contributed by atoms with Crippen molar-refractivity contribution in [2.45, 2.75) is 12.6 Å². The normalized spacial score (nSPS) is 12.1. The van der Waals surface area contributed by atoms with Gasteiger partial charge >= 0.3 is 0 Å². The molecule has 4 rings (SSSR count). The predicted molar refractivity (Wildman–Crippen MR) is 111 cm³/mol. The minimum Gasteiger partial charge on any atom is -0.350 e. The predicted octanol–water partition coefficient (Wildman–Crippen LogP) is 2.02. The second kappa shape index (κ2) is 7.73. The minimum atomic E-state index is -0.801. The zero-order valence-electron chi connectivity index (χ0n) is 15.9.